The Labute approximate surface area is 83.5 Å². The highest BCUT2D eigenvalue weighted by molar-refractivity contribution is 9.10. The molecule has 0 N–H and O–H groups in total. The average Bonchev–Trinajstić information content (AvgIpc) is 2.12. The fourth-order valence-corrected chi connectivity index (χ4v) is 1.61. The van der Waals surface area contributed by atoms with E-state index in [0.29, 0.717) is 0 Å². The summed E-state index contributed by atoms with van der Waals surface area (Å²) in [6, 6.07) is 7.78. The standard InChI is InChI=1S/C9H5BrClN/c10-7-5-12-8-4-2-1-3-6(8)9(7)11/h1-5H. The summed E-state index contributed by atoms with van der Waals surface area (Å²) in [7, 11) is 0. The van der Waals surface area contributed by atoms with E-state index in [9.17, 15) is 0 Å². The molecule has 0 amide bonds. The average molecular weight is 243 g/mol. The first-order valence-electron chi connectivity index (χ1n) is 3.48. The minimum atomic E-state index is 0.723. The third-order valence-electron chi connectivity index (χ3n) is 1.67. The highest BCUT2D eigenvalue weighted by Gasteiger charge is 2.02. The Balaban J connectivity index is 2.91. The Hall–Kier alpha value is -0.600. The lowest BCUT2D eigenvalue weighted by atomic mass is 10.2. The van der Waals surface area contributed by atoms with Gasteiger partial charge in [-0.3, -0.25) is 4.98 Å². The molecule has 0 bridgehead atoms. The van der Waals surface area contributed by atoms with Crippen molar-refractivity contribution in [3.63, 3.8) is 0 Å². The molecule has 1 heterocycles. The van der Waals surface area contributed by atoms with Gasteiger partial charge in [0.1, 0.15) is 0 Å². The summed E-state index contributed by atoms with van der Waals surface area (Å²) < 4.78 is 0.836. The number of halogens is 2. The van der Waals surface area contributed by atoms with Crippen molar-refractivity contribution in [2.45, 2.75) is 0 Å². The fourth-order valence-electron chi connectivity index (χ4n) is 1.08. The Morgan fingerprint density at radius 2 is 2.00 bits per heavy atom. The molecular weight excluding hydrogens is 237 g/mol. The van der Waals surface area contributed by atoms with Crippen LogP contribution in [0.2, 0.25) is 5.02 Å². The minimum Gasteiger partial charge on any atom is -0.255 e. The smallest absolute Gasteiger partial charge is 0.0717 e. The maximum absolute atomic E-state index is 6.04. The van der Waals surface area contributed by atoms with Crippen LogP contribution in [0.5, 0.6) is 0 Å². The lowest BCUT2D eigenvalue weighted by Gasteiger charge is -1.99. The van der Waals surface area contributed by atoms with Crippen molar-refractivity contribution in [2.75, 3.05) is 0 Å². The summed E-state index contributed by atoms with van der Waals surface area (Å²) in [5, 5.41) is 1.70. The fraction of sp³-hybridized carbons (Fsp3) is 0. The van der Waals surface area contributed by atoms with Crippen molar-refractivity contribution in [1.29, 1.82) is 0 Å². The second kappa shape index (κ2) is 3.04. The van der Waals surface area contributed by atoms with E-state index in [0.717, 1.165) is 20.4 Å². The van der Waals surface area contributed by atoms with Crippen LogP contribution in [0.3, 0.4) is 0 Å². The molecule has 2 rings (SSSR count). The van der Waals surface area contributed by atoms with Crippen LogP contribution >= 0.6 is 27.5 Å². The predicted octanol–water partition coefficient (Wildman–Crippen LogP) is 3.65. The first-order chi connectivity index (χ1) is 5.79. The second-order valence-electron chi connectivity index (χ2n) is 2.44. The van der Waals surface area contributed by atoms with Gasteiger partial charge in [0.2, 0.25) is 0 Å². The van der Waals surface area contributed by atoms with Gasteiger partial charge in [-0.15, -0.1) is 0 Å². The van der Waals surface area contributed by atoms with Crippen LogP contribution in [-0.2, 0) is 0 Å². The number of hydrogen-bond donors (Lipinski definition) is 0. The van der Waals surface area contributed by atoms with E-state index in [1.807, 2.05) is 24.3 Å². The molecule has 0 aliphatic heterocycles. The number of benzene rings is 1. The van der Waals surface area contributed by atoms with Crippen LogP contribution in [0.4, 0.5) is 0 Å². The number of hydrogen-bond acceptors (Lipinski definition) is 1. The van der Waals surface area contributed by atoms with Gasteiger partial charge in [0, 0.05) is 11.6 Å². The first-order valence-corrected chi connectivity index (χ1v) is 4.65. The predicted molar refractivity (Wildman–Crippen MR) is 54.5 cm³/mol. The molecule has 1 nitrogen and oxygen atoms in total. The molecular formula is C9H5BrClN. The summed E-state index contributed by atoms with van der Waals surface area (Å²) in [5.74, 6) is 0. The largest absolute Gasteiger partial charge is 0.255 e. The van der Waals surface area contributed by atoms with Crippen molar-refractivity contribution in [3.8, 4) is 0 Å². The topological polar surface area (TPSA) is 12.9 Å². The van der Waals surface area contributed by atoms with Crippen LogP contribution in [0.1, 0.15) is 0 Å². The molecule has 0 spiro atoms. The van der Waals surface area contributed by atoms with E-state index in [1.165, 1.54) is 0 Å². The number of nitrogens with zero attached hydrogens (tertiary/aromatic N) is 1. The zero-order valence-corrected chi connectivity index (χ0v) is 8.43. The normalized spacial score (nSPS) is 10.5. The van der Waals surface area contributed by atoms with E-state index in [-0.39, 0.29) is 0 Å². The highest BCUT2D eigenvalue weighted by atomic mass is 79.9. The van der Waals surface area contributed by atoms with Gasteiger partial charge in [0.05, 0.1) is 15.0 Å². The van der Waals surface area contributed by atoms with E-state index >= 15 is 0 Å². The maximum atomic E-state index is 6.04. The quantitative estimate of drug-likeness (QED) is 0.687. The Morgan fingerprint density at radius 3 is 2.83 bits per heavy atom. The van der Waals surface area contributed by atoms with Crippen molar-refractivity contribution < 1.29 is 0 Å². The maximum Gasteiger partial charge on any atom is 0.0717 e. The van der Waals surface area contributed by atoms with E-state index in [1.54, 1.807) is 6.20 Å². The summed E-state index contributed by atoms with van der Waals surface area (Å²) in [6.45, 7) is 0. The zero-order valence-electron chi connectivity index (χ0n) is 6.09. The summed E-state index contributed by atoms with van der Waals surface area (Å²) in [5.41, 5.74) is 0.922. The SMILES string of the molecule is Clc1c(Br)cnc2ccccc12. The Kier molecular flexibility index (Phi) is 2.03. The molecule has 60 valence electrons. The molecule has 0 aliphatic rings. The van der Waals surface area contributed by atoms with Gasteiger partial charge in [-0.1, -0.05) is 29.8 Å². The van der Waals surface area contributed by atoms with E-state index in [2.05, 4.69) is 20.9 Å². The van der Waals surface area contributed by atoms with Crippen molar-refractivity contribution in [3.05, 3.63) is 40.0 Å². The third-order valence-corrected chi connectivity index (χ3v) is 2.90. The molecule has 12 heavy (non-hydrogen) atoms. The van der Waals surface area contributed by atoms with Crippen LogP contribution in [0.15, 0.2) is 34.9 Å². The molecule has 0 saturated heterocycles. The minimum absolute atomic E-state index is 0.723. The van der Waals surface area contributed by atoms with Gasteiger partial charge in [-0.2, -0.15) is 0 Å². The molecule has 1 aromatic heterocycles. The lowest BCUT2D eigenvalue weighted by molar-refractivity contribution is 1.39. The molecule has 3 heteroatoms. The molecule has 0 radical (unpaired) electrons. The van der Waals surface area contributed by atoms with Crippen molar-refractivity contribution in [1.82, 2.24) is 4.98 Å². The number of pyridine rings is 1. The lowest BCUT2D eigenvalue weighted by Crippen LogP contribution is -1.79. The molecule has 0 saturated carbocycles. The number of aromatic nitrogens is 1. The number of para-hydroxylation sites is 1. The monoisotopic (exact) mass is 241 g/mol. The van der Waals surface area contributed by atoms with Gasteiger partial charge < -0.3 is 0 Å². The van der Waals surface area contributed by atoms with Gasteiger partial charge in [-0.05, 0) is 22.0 Å². The molecule has 2 aromatic rings. The van der Waals surface area contributed by atoms with E-state index < -0.39 is 0 Å². The van der Waals surface area contributed by atoms with Crippen molar-refractivity contribution >= 4 is 38.4 Å². The van der Waals surface area contributed by atoms with Crippen LogP contribution in [-0.4, -0.2) is 4.98 Å². The van der Waals surface area contributed by atoms with E-state index in [4.69, 9.17) is 11.6 Å². The number of rotatable bonds is 0. The molecule has 0 atom stereocenters. The Bertz CT molecular complexity index is 428. The van der Waals surface area contributed by atoms with Gasteiger partial charge in [0.15, 0.2) is 0 Å². The second-order valence-corrected chi connectivity index (χ2v) is 3.67. The Morgan fingerprint density at radius 1 is 1.25 bits per heavy atom. The summed E-state index contributed by atoms with van der Waals surface area (Å²) in [6.07, 6.45) is 1.71. The molecule has 0 aliphatic carbocycles. The highest BCUT2D eigenvalue weighted by Crippen LogP contribution is 2.28. The summed E-state index contributed by atoms with van der Waals surface area (Å²) >= 11 is 9.36. The third kappa shape index (κ3) is 1.21. The zero-order chi connectivity index (χ0) is 8.55. The molecule has 0 unspecified atom stereocenters. The van der Waals surface area contributed by atoms with Crippen molar-refractivity contribution in [2.24, 2.45) is 0 Å². The molecule has 1 aromatic carbocycles. The molecule has 0 fully saturated rings. The van der Waals surface area contributed by atoms with Gasteiger partial charge in [0.25, 0.3) is 0 Å². The van der Waals surface area contributed by atoms with Gasteiger partial charge >= 0.3 is 0 Å². The van der Waals surface area contributed by atoms with Crippen LogP contribution in [0.25, 0.3) is 10.9 Å². The number of fused-ring (bicyclic) bond motifs is 1. The summed E-state index contributed by atoms with van der Waals surface area (Å²) in [4.78, 5) is 4.21. The van der Waals surface area contributed by atoms with Crippen LogP contribution < -0.4 is 0 Å². The van der Waals surface area contributed by atoms with Gasteiger partial charge in [-0.25, -0.2) is 0 Å². The first kappa shape index (κ1) is 8.02. The van der Waals surface area contributed by atoms with Crippen LogP contribution in [0, 0.1) is 0 Å².